The maximum absolute atomic E-state index is 12.1. The van der Waals surface area contributed by atoms with Crippen LogP contribution in [-0.2, 0) is 9.53 Å². The van der Waals surface area contributed by atoms with E-state index in [-0.39, 0.29) is 29.7 Å². The summed E-state index contributed by atoms with van der Waals surface area (Å²) in [7, 11) is 0. The summed E-state index contributed by atoms with van der Waals surface area (Å²) in [5.41, 5.74) is 0.726. The van der Waals surface area contributed by atoms with Crippen LogP contribution in [0, 0.1) is 0 Å². The number of carbonyl (C=O) groups is 2. The van der Waals surface area contributed by atoms with Gasteiger partial charge in [0.15, 0.2) is 6.61 Å². The third-order valence-electron chi connectivity index (χ3n) is 3.84. The first-order valence-corrected chi connectivity index (χ1v) is 8.82. The zero-order chi connectivity index (χ0) is 19.2. The summed E-state index contributed by atoms with van der Waals surface area (Å²) >= 11 is 6.09. The third-order valence-corrected chi connectivity index (χ3v) is 4.15. The van der Waals surface area contributed by atoms with Crippen LogP contribution in [0.5, 0.6) is 5.75 Å². The van der Waals surface area contributed by atoms with Gasteiger partial charge in [-0.05, 0) is 48.0 Å². The van der Waals surface area contributed by atoms with Crippen LogP contribution in [-0.4, -0.2) is 25.1 Å². The van der Waals surface area contributed by atoms with Gasteiger partial charge in [0.25, 0.3) is 5.91 Å². The molecule has 0 aromatic heterocycles. The lowest BCUT2D eigenvalue weighted by Gasteiger charge is -2.10. The quantitative estimate of drug-likeness (QED) is 0.627. The Balaban J connectivity index is 1.60. The number of rotatable bonds is 6. The van der Waals surface area contributed by atoms with Crippen LogP contribution < -0.4 is 10.1 Å². The number of halogens is 1. The third kappa shape index (κ3) is 4.77. The van der Waals surface area contributed by atoms with Crippen molar-refractivity contribution in [1.29, 1.82) is 0 Å². The van der Waals surface area contributed by atoms with Gasteiger partial charge >= 0.3 is 5.97 Å². The molecule has 0 fully saturated rings. The molecule has 3 aromatic carbocycles. The second-order valence-electron chi connectivity index (χ2n) is 5.76. The number of nitrogens with one attached hydrogen (secondary N) is 1. The second-order valence-corrected chi connectivity index (χ2v) is 6.17. The van der Waals surface area contributed by atoms with Crippen LogP contribution in [0.3, 0.4) is 0 Å². The summed E-state index contributed by atoms with van der Waals surface area (Å²) in [5.74, 6) is -0.220. The van der Waals surface area contributed by atoms with E-state index in [2.05, 4.69) is 5.32 Å². The number of anilines is 1. The number of hydrogen-bond acceptors (Lipinski definition) is 4. The van der Waals surface area contributed by atoms with E-state index in [1.807, 2.05) is 42.5 Å². The number of ether oxygens (including phenoxy) is 2. The van der Waals surface area contributed by atoms with Gasteiger partial charge in [-0.1, -0.05) is 41.9 Å². The van der Waals surface area contributed by atoms with E-state index in [9.17, 15) is 9.59 Å². The molecule has 0 aliphatic carbocycles. The largest absolute Gasteiger partial charge is 0.484 e. The van der Waals surface area contributed by atoms with Gasteiger partial charge in [0.1, 0.15) is 5.75 Å². The van der Waals surface area contributed by atoms with E-state index in [0.29, 0.717) is 11.4 Å². The smallest absolute Gasteiger partial charge is 0.339 e. The van der Waals surface area contributed by atoms with Crippen LogP contribution in [0.25, 0.3) is 10.8 Å². The molecular formula is C21H18ClNO4. The van der Waals surface area contributed by atoms with E-state index in [0.717, 1.165) is 10.8 Å². The molecule has 27 heavy (non-hydrogen) atoms. The van der Waals surface area contributed by atoms with E-state index >= 15 is 0 Å². The molecule has 5 nitrogen and oxygen atoms in total. The molecule has 0 aliphatic rings. The molecule has 1 N–H and O–H groups in total. The van der Waals surface area contributed by atoms with E-state index in [1.165, 1.54) is 12.1 Å². The molecule has 0 radical (unpaired) electrons. The van der Waals surface area contributed by atoms with Crippen molar-refractivity contribution in [1.82, 2.24) is 0 Å². The lowest BCUT2D eigenvalue weighted by Crippen LogP contribution is -2.20. The molecule has 3 rings (SSSR count). The Hall–Kier alpha value is -3.05. The number of benzene rings is 3. The Morgan fingerprint density at radius 3 is 2.52 bits per heavy atom. The van der Waals surface area contributed by atoms with Crippen molar-refractivity contribution in [2.75, 3.05) is 18.5 Å². The molecule has 1 amide bonds. The van der Waals surface area contributed by atoms with Crippen LogP contribution >= 0.6 is 11.6 Å². The Morgan fingerprint density at radius 1 is 1.00 bits per heavy atom. The summed E-state index contributed by atoms with van der Waals surface area (Å²) in [6, 6.07) is 18.2. The standard InChI is InChI=1S/C21H18ClNO4/c1-2-26-21(25)18-10-8-16(12-19(18)22)23-20(24)13-27-17-9-7-14-5-3-4-6-15(14)11-17/h3-12H,2,13H2,1H3,(H,23,24). The Bertz CT molecular complexity index is 987. The highest BCUT2D eigenvalue weighted by molar-refractivity contribution is 6.34. The van der Waals surface area contributed by atoms with Gasteiger partial charge in [-0.15, -0.1) is 0 Å². The van der Waals surface area contributed by atoms with Gasteiger partial charge in [-0.2, -0.15) is 0 Å². The second kappa shape index (κ2) is 8.56. The first-order valence-electron chi connectivity index (χ1n) is 8.45. The lowest BCUT2D eigenvalue weighted by atomic mass is 10.1. The normalized spacial score (nSPS) is 10.4. The Labute approximate surface area is 161 Å². The van der Waals surface area contributed by atoms with E-state index in [1.54, 1.807) is 13.0 Å². The summed E-state index contributed by atoms with van der Waals surface area (Å²) in [5, 5.41) is 5.04. The zero-order valence-electron chi connectivity index (χ0n) is 14.7. The van der Waals surface area contributed by atoms with Crippen molar-refractivity contribution in [3.05, 3.63) is 71.2 Å². The SMILES string of the molecule is CCOC(=O)c1ccc(NC(=O)COc2ccc3ccccc3c2)cc1Cl. The van der Waals surface area contributed by atoms with Crippen LogP contribution in [0.15, 0.2) is 60.7 Å². The molecule has 0 heterocycles. The molecule has 0 bridgehead atoms. The van der Waals surface area contributed by atoms with Crippen molar-refractivity contribution >= 4 is 39.9 Å². The van der Waals surface area contributed by atoms with Gasteiger partial charge in [0, 0.05) is 5.69 Å². The van der Waals surface area contributed by atoms with E-state index in [4.69, 9.17) is 21.1 Å². The summed E-state index contributed by atoms with van der Waals surface area (Å²) in [6.07, 6.45) is 0. The van der Waals surface area contributed by atoms with Crippen LogP contribution in [0.1, 0.15) is 17.3 Å². The number of esters is 1. The predicted molar refractivity (Wildman–Crippen MR) is 105 cm³/mol. The highest BCUT2D eigenvalue weighted by Crippen LogP contribution is 2.23. The molecular weight excluding hydrogens is 366 g/mol. The minimum absolute atomic E-state index is 0.143. The fourth-order valence-corrected chi connectivity index (χ4v) is 2.83. The molecule has 6 heteroatoms. The van der Waals surface area contributed by atoms with Gasteiger partial charge in [-0.3, -0.25) is 4.79 Å². The highest BCUT2D eigenvalue weighted by atomic mass is 35.5. The van der Waals surface area contributed by atoms with Crippen LogP contribution in [0.2, 0.25) is 5.02 Å². The summed E-state index contributed by atoms with van der Waals surface area (Å²) in [6.45, 7) is 1.84. The van der Waals surface area contributed by atoms with Gasteiger partial charge in [0.2, 0.25) is 0 Å². The molecule has 0 atom stereocenters. The van der Waals surface area contributed by atoms with Gasteiger partial charge < -0.3 is 14.8 Å². The first-order chi connectivity index (χ1) is 13.1. The average molecular weight is 384 g/mol. The van der Waals surface area contributed by atoms with E-state index < -0.39 is 5.97 Å². The number of hydrogen-bond donors (Lipinski definition) is 1. The first kappa shape index (κ1) is 18.7. The fourth-order valence-electron chi connectivity index (χ4n) is 2.57. The Kier molecular flexibility index (Phi) is 5.94. The maximum atomic E-state index is 12.1. The average Bonchev–Trinajstić information content (AvgIpc) is 2.66. The van der Waals surface area contributed by atoms with Gasteiger partial charge in [0.05, 0.1) is 17.2 Å². The summed E-state index contributed by atoms with van der Waals surface area (Å²) < 4.78 is 10.5. The predicted octanol–water partition coefficient (Wildman–Crippen LogP) is 4.69. The zero-order valence-corrected chi connectivity index (χ0v) is 15.5. The monoisotopic (exact) mass is 383 g/mol. The van der Waals surface area contributed by atoms with Crippen molar-refractivity contribution in [2.24, 2.45) is 0 Å². The van der Waals surface area contributed by atoms with Crippen molar-refractivity contribution in [3.8, 4) is 5.75 Å². The molecule has 0 aliphatic heterocycles. The van der Waals surface area contributed by atoms with Gasteiger partial charge in [-0.25, -0.2) is 4.79 Å². The molecule has 0 spiro atoms. The molecule has 3 aromatic rings. The van der Waals surface area contributed by atoms with Crippen molar-refractivity contribution < 1.29 is 19.1 Å². The topological polar surface area (TPSA) is 64.6 Å². The minimum Gasteiger partial charge on any atom is -0.484 e. The minimum atomic E-state index is -0.500. The fraction of sp³-hybridized carbons (Fsp3) is 0.143. The highest BCUT2D eigenvalue weighted by Gasteiger charge is 2.13. The van der Waals surface area contributed by atoms with Crippen molar-refractivity contribution in [3.63, 3.8) is 0 Å². The Morgan fingerprint density at radius 2 is 1.78 bits per heavy atom. The van der Waals surface area contributed by atoms with Crippen LogP contribution in [0.4, 0.5) is 5.69 Å². The van der Waals surface area contributed by atoms with Crippen molar-refractivity contribution in [2.45, 2.75) is 6.92 Å². The number of fused-ring (bicyclic) bond motifs is 1. The molecule has 0 unspecified atom stereocenters. The molecule has 138 valence electrons. The molecule has 0 saturated carbocycles. The summed E-state index contributed by atoms with van der Waals surface area (Å²) in [4.78, 5) is 23.8. The number of carbonyl (C=O) groups excluding carboxylic acids is 2. The molecule has 0 saturated heterocycles. The lowest BCUT2D eigenvalue weighted by molar-refractivity contribution is -0.118. The number of amides is 1. The maximum Gasteiger partial charge on any atom is 0.339 e.